The van der Waals surface area contributed by atoms with Crippen molar-refractivity contribution in [2.45, 2.75) is 18.9 Å². The van der Waals surface area contributed by atoms with Crippen LogP contribution in [0.1, 0.15) is 12.8 Å². The molecule has 0 aliphatic rings. The van der Waals surface area contributed by atoms with Crippen LogP contribution in [-0.2, 0) is 4.79 Å². The van der Waals surface area contributed by atoms with E-state index in [0.717, 1.165) is 29.5 Å². The van der Waals surface area contributed by atoms with Crippen LogP contribution in [0.4, 0.5) is 0 Å². The van der Waals surface area contributed by atoms with E-state index < -0.39 is 0 Å². The number of rotatable bonds is 9. The van der Waals surface area contributed by atoms with Gasteiger partial charge in [0, 0.05) is 32.2 Å². The van der Waals surface area contributed by atoms with Crippen molar-refractivity contribution in [1.82, 2.24) is 14.8 Å². The monoisotopic (exact) mass is 341 g/mol. The molecule has 0 spiro atoms. The van der Waals surface area contributed by atoms with E-state index in [-0.39, 0.29) is 12.0 Å². The highest BCUT2D eigenvalue weighted by molar-refractivity contribution is 5.84. The Labute approximate surface area is 149 Å². The molecule has 1 aromatic heterocycles. The fourth-order valence-corrected chi connectivity index (χ4v) is 2.63. The third kappa shape index (κ3) is 5.57. The van der Waals surface area contributed by atoms with Gasteiger partial charge in [-0.2, -0.15) is 0 Å². The SMILES string of the molecule is C=CCC[C@H](CN(C)CC(=O)N(C)C)Oc1ccnc2ccccc12. The normalized spacial score (nSPS) is 12.2. The molecule has 2 rings (SSSR count). The van der Waals surface area contributed by atoms with Crippen LogP contribution >= 0.6 is 0 Å². The Hall–Kier alpha value is -2.40. The van der Waals surface area contributed by atoms with Crippen LogP contribution in [0.3, 0.4) is 0 Å². The second-order valence-electron chi connectivity index (χ2n) is 6.42. The van der Waals surface area contributed by atoms with Crippen molar-refractivity contribution in [2.75, 3.05) is 34.2 Å². The Morgan fingerprint density at radius 1 is 1.28 bits per heavy atom. The number of carbonyl (C=O) groups is 1. The summed E-state index contributed by atoms with van der Waals surface area (Å²) in [6, 6.07) is 9.84. The van der Waals surface area contributed by atoms with Crippen LogP contribution in [0.5, 0.6) is 5.75 Å². The van der Waals surface area contributed by atoms with Gasteiger partial charge in [0.15, 0.2) is 0 Å². The molecule has 0 radical (unpaired) electrons. The quantitative estimate of drug-likeness (QED) is 0.658. The van der Waals surface area contributed by atoms with Gasteiger partial charge in [-0.05, 0) is 38.1 Å². The molecule has 5 nitrogen and oxygen atoms in total. The summed E-state index contributed by atoms with van der Waals surface area (Å²) in [6.07, 6.45) is 5.35. The van der Waals surface area contributed by atoms with Crippen molar-refractivity contribution >= 4 is 16.8 Å². The third-order valence-electron chi connectivity index (χ3n) is 4.01. The van der Waals surface area contributed by atoms with E-state index >= 15 is 0 Å². The average Bonchev–Trinajstić information content (AvgIpc) is 2.59. The number of likely N-dealkylation sites (N-methyl/N-ethyl adjacent to an activating group) is 2. The molecule has 1 atom stereocenters. The number of para-hydroxylation sites is 1. The van der Waals surface area contributed by atoms with E-state index in [1.165, 1.54) is 0 Å². The van der Waals surface area contributed by atoms with Crippen LogP contribution < -0.4 is 4.74 Å². The number of ether oxygens (including phenoxy) is 1. The van der Waals surface area contributed by atoms with Crippen LogP contribution in [-0.4, -0.2) is 61.0 Å². The summed E-state index contributed by atoms with van der Waals surface area (Å²) in [7, 11) is 5.48. The van der Waals surface area contributed by atoms with Crippen molar-refractivity contribution in [3.8, 4) is 5.75 Å². The van der Waals surface area contributed by atoms with E-state index in [4.69, 9.17) is 4.74 Å². The van der Waals surface area contributed by atoms with Gasteiger partial charge in [-0.25, -0.2) is 0 Å². The number of pyridine rings is 1. The maximum absolute atomic E-state index is 11.9. The highest BCUT2D eigenvalue weighted by Crippen LogP contribution is 2.25. The minimum absolute atomic E-state index is 0.0243. The van der Waals surface area contributed by atoms with E-state index in [1.54, 1.807) is 25.2 Å². The highest BCUT2D eigenvalue weighted by atomic mass is 16.5. The van der Waals surface area contributed by atoms with Crippen molar-refractivity contribution in [3.05, 3.63) is 49.2 Å². The minimum Gasteiger partial charge on any atom is -0.488 e. The smallest absolute Gasteiger partial charge is 0.236 e. The number of hydrogen-bond donors (Lipinski definition) is 0. The first-order valence-electron chi connectivity index (χ1n) is 8.51. The molecule has 25 heavy (non-hydrogen) atoms. The first kappa shape index (κ1) is 18.9. The lowest BCUT2D eigenvalue weighted by molar-refractivity contribution is -0.129. The van der Waals surface area contributed by atoms with Gasteiger partial charge >= 0.3 is 0 Å². The Bertz CT molecular complexity index is 710. The fraction of sp³-hybridized carbons (Fsp3) is 0.400. The fourth-order valence-electron chi connectivity index (χ4n) is 2.63. The molecule has 0 fully saturated rings. The third-order valence-corrected chi connectivity index (χ3v) is 4.01. The number of nitrogens with zero attached hydrogens (tertiary/aromatic N) is 3. The van der Waals surface area contributed by atoms with E-state index in [9.17, 15) is 4.79 Å². The molecule has 5 heteroatoms. The zero-order chi connectivity index (χ0) is 18.2. The van der Waals surface area contributed by atoms with Crippen LogP contribution in [0.2, 0.25) is 0 Å². The molecule has 2 aromatic rings. The maximum Gasteiger partial charge on any atom is 0.236 e. The Morgan fingerprint density at radius 3 is 2.76 bits per heavy atom. The topological polar surface area (TPSA) is 45.7 Å². The number of fused-ring (bicyclic) bond motifs is 1. The Morgan fingerprint density at radius 2 is 2.04 bits per heavy atom. The van der Waals surface area contributed by atoms with Crippen molar-refractivity contribution in [3.63, 3.8) is 0 Å². The molecule has 0 saturated heterocycles. The van der Waals surface area contributed by atoms with Gasteiger partial charge in [0.1, 0.15) is 11.9 Å². The second kappa shape index (κ2) is 9.18. The number of benzene rings is 1. The van der Waals surface area contributed by atoms with Gasteiger partial charge in [0.05, 0.1) is 12.1 Å². The molecule has 0 N–H and O–H groups in total. The van der Waals surface area contributed by atoms with Gasteiger partial charge < -0.3 is 9.64 Å². The number of allylic oxidation sites excluding steroid dienone is 1. The lowest BCUT2D eigenvalue weighted by Gasteiger charge is -2.26. The minimum atomic E-state index is -0.0243. The van der Waals surface area contributed by atoms with E-state index in [0.29, 0.717) is 13.1 Å². The highest BCUT2D eigenvalue weighted by Gasteiger charge is 2.17. The largest absolute Gasteiger partial charge is 0.488 e. The maximum atomic E-state index is 11.9. The Kier molecular flexibility index (Phi) is 6.95. The zero-order valence-electron chi connectivity index (χ0n) is 15.3. The van der Waals surface area contributed by atoms with Crippen molar-refractivity contribution in [2.24, 2.45) is 0 Å². The summed E-state index contributed by atoms with van der Waals surface area (Å²) in [5, 5.41) is 1.00. The Balaban J connectivity index is 2.11. The summed E-state index contributed by atoms with van der Waals surface area (Å²) in [6.45, 7) is 4.84. The van der Waals surface area contributed by atoms with Crippen LogP contribution in [0, 0.1) is 0 Å². The predicted octanol–water partition coefficient (Wildman–Crippen LogP) is 2.97. The summed E-state index contributed by atoms with van der Waals surface area (Å²) in [5.41, 5.74) is 0.915. The summed E-state index contributed by atoms with van der Waals surface area (Å²) in [5.74, 6) is 0.909. The molecule has 0 saturated carbocycles. The summed E-state index contributed by atoms with van der Waals surface area (Å²) >= 11 is 0. The standard InChI is InChI=1S/C20H27N3O2/c1-5-6-9-16(14-23(4)15-20(24)22(2)3)25-19-12-13-21-18-11-8-7-10-17(18)19/h5,7-8,10-13,16H,1,6,9,14-15H2,2-4H3/t16-/m1/s1. The van der Waals surface area contributed by atoms with Crippen LogP contribution in [0.25, 0.3) is 10.9 Å². The number of amides is 1. The lowest BCUT2D eigenvalue weighted by Crippen LogP contribution is -2.39. The first-order chi connectivity index (χ1) is 12.0. The zero-order valence-corrected chi connectivity index (χ0v) is 15.3. The lowest BCUT2D eigenvalue weighted by atomic mass is 10.1. The van der Waals surface area contributed by atoms with Gasteiger partial charge in [-0.1, -0.05) is 18.2 Å². The number of hydrogen-bond acceptors (Lipinski definition) is 4. The van der Waals surface area contributed by atoms with Gasteiger partial charge in [0.2, 0.25) is 5.91 Å². The molecule has 0 aliphatic heterocycles. The van der Waals surface area contributed by atoms with E-state index in [1.807, 2.05) is 48.4 Å². The second-order valence-corrected chi connectivity index (χ2v) is 6.42. The molecule has 134 valence electrons. The van der Waals surface area contributed by atoms with Crippen molar-refractivity contribution < 1.29 is 9.53 Å². The average molecular weight is 341 g/mol. The van der Waals surface area contributed by atoms with Gasteiger partial charge in [0.25, 0.3) is 0 Å². The summed E-state index contributed by atoms with van der Waals surface area (Å²) < 4.78 is 6.29. The summed E-state index contributed by atoms with van der Waals surface area (Å²) in [4.78, 5) is 19.9. The molecule has 0 unspecified atom stereocenters. The molecule has 0 bridgehead atoms. The van der Waals surface area contributed by atoms with Gasteiger partial charge in [-0.15, -0.1) is 6.58 Å². The molecule has 0 aliphatic carbocycles. The van der Waals surface area contributed by atoms with Crippen molar-refractivity contribution in [1.29, 1.82) is 0 Å². The molecular weight excluding hydrogens is 314 g/mol. The van der Waals surface area contributed by atoms with E-state index in [2.05, 4.69) is 11.6 Å². The molecular formula is C20H27N3O2. The van der Waals surface area contributed by atoms with Crippen LogP contribution in [0.15, 0.2) is 49.2 Å². The van der Waals surface area contributed by atoms with Gasteiger partial charge in [-0.3, -0.25) is 14.7 Å². The first-order valence-corrected chi connectivity index (χ1v) is 8.51. The predicted molar refractivity (Wildman–Crippen MR) is 102 cm³/mol. The number of aromatic nitrogens is 1. The number of carbonyl (C=O) groups excluding carboxylic acids is 1. The molecule has 1 heterocycles. The molecule has 1 amide bonds. The molecule has 1 aromatic carbocycles.